The molecule has 1 aromatic carbocycles. The fraction of sp³-hybridized carbons (Fsp3) is 0.667. The van der Waals surface area contributed by atoms with E-state index >= 15 is 0 Å². The summed E-state index contributed by atoms with van der Waals surface area (Å²) in [7, 11) is 2.05. The van der Waals surface area contributed by atoms with Crippen molar-refractivity contribution in [2.24, 2.45) is 5.92 Å². The molecule has 1 unspecified atom stereocenters. The minimum Gasteiger partial charge on any atom is -0.494 e. The van der Waals surface area contributed by atoms with Crippen LogP contribution in [0.4, 0.5) is 0 Å². The van der Waals surface area contributed by atoms with Gasteiger partial charge in [0.05, 0.1) is 6.61 Å². The number of hydrogen-bond donors (Lipinski definition) is 1. The lowest BCUT2D eigenvalue weighted by molar-refractivity contribution is 0.177. The van der Waals surface area contributed by atoms with Crippen LogP contribution in [-0.4, -0.2) is 38.2 Å². The van der Waals surface area contributed by atoms with E-state index in [1.165, 1.54) is 31.5 Å². The highest BCUT2D eigenvalue weighted by Crippen LogP contribution is 2.22. The molecule has 1 atom stereocenters. The largest absolute Gasteiger partial charge is 0.494 e. The van der Waals surface area contributed by atoms with Gasteiger partial charge in [0.15, 0.2) is 0 Å². The predicted molar refractivity (Wildman–Crippen MR) is 88.9 cm³/mol. The minimum absolute atomic E-state index is 0.402. The van der Waals surface area contributed by atoms with Crippen LogP contribution >= 0.6 is 0 Å². The Morgan fingerprint density at radius 2 is 1.90 bits per heavy atom. The van der Waals surface area contributed by atoms with Gasteiger partial charge in [0.1, 0.15) is 5.75 Å². The van der Waals surface area contributed by atoms with E-state index in [4.69, 9.17) is 4.74 Å². The molecule has 0 spiro atoms. The average molecular weight is 290 g/mol. The first-order valence-corrected chi connectivity index (χ1v) is 8.35. The highest BCUT2D eigenvalue weighted by Gasteiger charge is 2.19. The molecule has 118 valence electrons. The van der Waals surface area contributed by atoms with Crippen LogP contribution in [0, 0.1) is 5.92 Å². The summed E-state index contributed by atoms with van der Waals surface area (Å²) < 4.78 is 5.65. The summed E-state index contributed by atoms with van der Waals surface area (Å²) in [5.74, 6) is 1.87. The normalized spacial score (nSPS) is 18.6. The Morgan fingerprint density at radius 3 is 2.48 bits per heavy atom. The first-order chi connectivity index (χ1) is 10.2. The molecule has 1 saturated heterocycles. The molecular formula is C18H30N2O. The van der Waals surface area contributed by atoms with Crippen LogP contribution in [0.25, 0.3) is 0 Å². The van der Waals surface area contributed by atoms with Crippen LogP contribution in [-0.2, 0) is 0 Å². The molecule has 2 rings (SSSR count). The van der Waals surface area contributed by atoms with Crippen LogP contribution < -0.4 is 10.1 Å². The van der Waals surface area contributed by atoms with Crippen molar-refractivity contribution in [3.8, 4) is 5.75 Å². The number of ether oxygens (including phenoxy) is 1. The maximum atomic E-state index is 5.65. The van der Waals surface area contributed by atoms with Crippen LogP contribution in [0.3, 0.4) is 0 Å². The summed E-state index contributed by atoms with van der Waals surface area (Å²) in [6.45, 7) is 8.85. The summed E-state index contributed by atoms with van der Waals surface area (Å²) in [6, 6.07) is 8.97. The fourth-order valence-corrected chi connectivity index (χ4v) is 2.88. The van der Waals surface area contributed by atoms with E-state index in [0.29, 0.717) is 6.04 Å². The molecule has 1 aliphatic rings. The molecule has 0 bridgehead atoms. The van der Waals surface area contributed by atoms with Gasteiger partial charge in [-0.3, -0.25) is 0 Å². The Hall–Kier alpha value is -1.06. The molecule has 0 aliphatic carbocycles. The second-order valence-electron chi connectivity index (χ2n) is 6.24. The zero-order chi connectivity index (χ0) is 15.1. The van der Waals surface area contributed by atoms with E-state index < -0.39 is 0 Å². The smallest absolute Gasteiger partial charge is 0.119 e. The third-order valence-electron chi connectivity index (χ3n) is 4.42. The van der Waals surface area contributed by atoms with Crippen molar-refractivity contribution in [2.45, 2.75) is 39.2 Å². The Labute approximate surface area is 129 Å². The standard InChI is InChI=1S/C18H30N2O/c1-4-13-21-17-7-5-16(6-8-17)18(19-3)14-20-11-9-15(2)10-12-20/h5-8,15,18-19H,4,9-14H2,1-3H3. The molecule has 1 heterocycles. The molecule has 3 nitrogen and oxygen atoms in total. The summed E-state index contributed by atoms with van der Waals surface area (Å²) in [5, 5.41) is 3.46. The fourth-order valence-electron chi connectivity index (χ4n) is 2.88. The van der Waals surface area contributed by atoms with E-state index in [1.807, 2.05) is 0 Å². The van der Waals surface area contributed by atoms with E-state index in [0.717, 1.165) is 31.2 Å². The second-order valence-corrected chi connectivity index (χ2v) is 6.24. The molecule has 0 radical (unpaired) electrons. The number of nitrogens with zero attached hydrogens (tertiary/aromatic N) is 1. The number of likely N-dealkylation sites (tertiary alicyclic amines) is 1. The number of rotatable bonds is 7. The SMILES string of the molecule is CCCOc1ccc(C(CN2CCC(C)CC2)NC)cc1. The molecule has 0 aromatic heterocycles. The molecule has 1 aromatic rings. The van der Waals surface area contributed by atoms with Crippen molar-refractivity contribution in [2.75, 3.05) is 33.3 Å². The van der Waals surface area contributed by atoms with Crippen LogP contribution in [0.2, 0.25) is 0 Å². The molecule has 3 heteroatoms. The second kappa shape index (κ2) is 8.40. The van der Waals surface area contributed by atoms with Gasteiger partial charge < -0.3 is 15.0 Å². The number of likely N-dealkylation sites (N-methyl/N-ethyl adjacent to an activating group) is 1. The number of hydrogen-bond acceptors (Lipinski definition) is 3. The third kappa shape index (κ3) is 5.01. The van der Waals surface area contributed by atoms with Crippen LogP contribution in [0.1, 0.15) is 44.7 Å². The topological polar surface area (TPSA) is 24.5 Å². The van der Waals surface area contributed by atoms with Crippen molar-refractivity contribution >= 4 is 0 Å². The quantitative estimate of drug-likeness (QED) is 0.832. The van der Waals surface area contributed by atoms with Crippen molar-refractivity contribution < 1.29 is 4.74 Å². The zero-order valence-electron chi connectivity index (χ0n) is 13.8. The van der Waals surface area contributed by atoms with Gasteiger partial charge in [0.2, 0.25) is 0 Å². The summed E-state index contributed by atoms with van der Waals surface area (Å²) >= 11 is 0. The van der Waals surface area contributed by atoms with Gasteiger partial charge in [0.25, 0.3) is 0 Å². The summed E-state index contributed by atoms with van der Waals surface area (Å²) in [5.41, 5.74) is 1.35. The Kier molecular flexibility index (Phi) is 6.52. The third-order valence-corrected chi connectivity index (χ3v) is 4.42. The molecule has 0 amide bonds. The van der Waals surface area contributed by atoms with Gasteiger partial charge >= 0.3 is 0 Å². The molecule has 0 saturated carbocycles. The monoisotopic (exact) mass is 290 g/mol. The van der Waals surface area contributed by atoms with Crippen LogP contribution in [0.5, 0.6) is 5.75 Å². The van der Waals surface area contributed by atoms with Gasteiger partial charge in [-0.05, 0) is 63.0 Å². The van der Waals surface area contributed by atoms with E-state index in [9.17, 15) is 0 Å². The molecule has 21 heavy (non-hydrogen) atoms. The van der Waals surface area contributed by atoms with Crippen LogP contribution in [0.15, 0.2) is 24.3 Å². The van der Waals surface area contributed by atoms with Gasteiger partial charge in [-0.2, -0.15) is 0 Å². The van der Waals surface area contributed by atoms with E-state index in [2.05, 4.69) is 55.4 Å². The Bertz CT molecular complexity index is 396. The summed E-state index contributed by atoms with van der Waals surface area (Å²) in [4.78, 5) is 2.59. The van der Waals surface area contributed by atoms with Gasteiger partial charge in [-0.25, -0.2) is 0 Å². The van der Waals surface area contributed by atoms with Crippen molar-refractivity contribution in [1.82, 2.24) is 10.2 Å². The van der Waals surface area contributed by atoms with Gasteiger partial charge in [-0.15, -0.1) is 0 Å². The van der Waals surface area contributed by atoms with Crippen molar-refractivity contribution in [3.05, 3.63) is 29.8 Å². The highest BCUT2D eigenvalue weighted by atomic mass is 16.5. The first-order valence-electron chi connectivity index (χ1n) is 8.35. The molecule has 1 fully saturated rings. The Morgan fingerprint density at radius 1 is 1.24 bits per heavy atom. The maximum Gasteiger partial charge on any atom is 0.119 e. The minimum atomic E-state index is 0.402. The Balaban J connectivity index is 1.90. The lowest BCUT2D eigenvalue weighted by Gasteiger charge is -2.33. The number of nitrogens with one attached hydrogen (secondary N) is 1. The molecule has 1 N–H and O–H groups in total. The molecular weight excluding hydrogens is 260 g/mol. The number of piperidine rings is 1. The number of benzene rings is 1. The first kappa shape index (κ1) is 16.3. The highest BCUT2D eigenvalue weighted by molar-refractivity contribution is 5.29. The van der Waals surface area contributed by atoms with E-state index in [-0.39, 0.29) is 0 Å². The zero-order valence-corrected chi connectivity index (χ0v) is 13.8. The lowest BCUT2D eigenvalue weighted by atomic mass is 9.98. The maximum absolute atomic E-state index is 5.65. The predicted octanol–water partition coefficient (Wildman–Crippen LogP) is 3.47. The van der Waals surface area contributed by atoms with E-state index in [1.54, 1.807) is 0 Å². The summed E-state index contributed by atoms with van der Waals surface area (Å²) in [6.07, 6.45) is 3.72. The van der Waals surface area contributed by atoms with Crippen molar-refractivity contribution in [1.29, 1.82) is 0 Å². The van der Waals surface area contributed by atoms with Crippen molar-refractivity contribution in [3.63, 3.8) is 0 Å². The van der Waals surface area contributed by atoms with Gasteiger partial charge in [0, 0.05) is 12.6 Å². The molecule has 1 aliphatic heterocycles. The average Bonchev–Trinajstić information content (AvgIpc) is 2.53. The van der Waals surface area contributed by atoms with Gasteiger partial charge in [-0.1, -0.05) is 26.0 Å². The lowest BCUT2D eigenvalue weighted by Crippen LogP contribution is -2.38.